The van der Waals surface area contributed by atoms with Gasteiger partial charge in [-0.1, -0.05) is 45.0 Å². The van der Waals surface area contributed by atoms with Crippen LogP contribution in [0.3, 0.4) is 0 Å². The molecule has 32 heavy (non-hydrogen) atoms. The van der Waals surface area contributed by atoms with E-state index >= 15 is 0 Å². The van der Waals surface area contributed by atoms with Gasteiger partial charge in [0.15, 0.2) is 0 Å². The number of rotatable bonds is 3. The highest BCUT2D eigenvalue weighted by molar-refractivity contribution is 5.45. The van der Waals surface area contributed by atoms with Crippen LogP contribution in [0.1, 0.15) is 73.0 Å². The predicted molar refractivity (Wildman–Crippen MR) is 127 cm³/mol. The highest BCUT2D eigenvalue weighted by Crippen LogP contribution is 2.49. The average Bonchev–Trinajstić information content (AvgIpc) is 2.69. The first-order valence-corrected chi connectivity index (χ1v) is 11.9. The zero-order chi connectivity index (χ0) is 22.8. The largest absolute Gasteiger partial charge is 0.382 e. The van der Waals surface area contributed by atoms with Crippen molar-refractivity contribution in [1.29, 1.82) is 0 Å². The van der Waals surface area contributed by atoms with Crippen molar-refractivity contribution in [3.05, 3.63) is 64.0 Å². The van der Waals surface area contributed by atoms with Gasteiger partial charge in [0.25, 0.3) is 0 Å². The number of hydrogen-bond donors (Lipinski definition) is 1. The Kier molecular flexibility index (Phi) is 5.25. The number of pyridine rings is 1. The van der Waals surface area contributed by atoms with Crippen molar-refractivity contribution in [2.24, 2.45) is 0 Å². The molecule has 5 rings (SSSR count). The summed E-state index contributed by atoms with van der Waals surface area (Å²) in [7, 11) is 4.32. The lowest BCUT2D eigenvalue weighted by Crippen LogP contribution is -2.64. The third kappa shape index (κ3) is 3.33. The molecule has 1 spiro atoms. The molecule has 1 fully saturated rings. The number of aliphatic hydroxyl groups is 1. The van der Waals surface area contributed by atoms with E-state index in [1.165, 1.54) is 22.3 Å². The van der Waals surface area contributed by atoms with Crippen molar-refractivity contribution in [3.8, 4) is 0 Å². The van der Waals surface area contributed by atoms with Crippen LogP contribution in [0.5, 0.6) is 0 Å². The summed E-state index contributed by atoms with van der Waals surface area (Å²) < 4.78 is 5.86. The quantitative estimate of drug-likeness (QED) is 0.796. The summed E-state index contributed by atoms with van der Waals surface area (Å²) in [4.78, 5) is 9.49. The SMILES string of the molecule is CC(C)c1ccc2c(c1)CN(C)C(C(C)c1cnc3c(c1)CN(C)CC3(C)O)C21COC1. The molecule has 0 amide bonds. The lowest BCUT2D eigenvalue weighted by atomic mass is 9.63. The van der Waals surface area contributed by atoms with Gasteiger partial charge >= 0.3 is 0 Å². The van der Waals surface area contributed by atoms with Crippen LogP contribution in [-0.4, -0.2) is 59.8 Å². The molecule has 0 saturated carbocycles. The maximum absolute atomic E-state index is 10.9. The van der Waals surface area contributed by atoms with Gasteiger partial charge in [0.2, 0.25) is 0 Å². The molecule has 5 heteroatoms. The summed E-state index contributed by atoms with van der Waals surface area (Å²) in [5.74, 6) is 0.838. The molecule has 2 aromatic rings. The Hall–Kier alpha value is -1.79. The predicted octanol–water partition coefficient (Wildman–Crippen LogP) is 3.74. The number of fused-ring (bicyclic) bond motifs is 3. The third-order valence-electron chi connectivity index (χ3n) is 8.03. The summed E-state index contributed by atoms with van der Waals surface area (Å²) in [5, 5.41) is 10.9. The molecule has 1 N–H and O–H groups in total. The van der Waals surface area contributed by atoms with Crippen molar-refractivity contribution < 1.29 is 9.84 Å². The summed E-state index contributed by atoms with van der Waals surface area (Å²) in [6.07, 6.45) is 2.00. The summed E-state index contributed by atoms with van der Waals surface area (Å²) in [6, 6.07) is 9.73. The van der Waals surface area contributed by atoms with Crippen molar-refractivity contribution in [2.45, 2.75) is 69.7 Å². The Morgan fingerprint density at radius 3 is 2.44 bits per heavy atom. The highest BCUT2D eigenvalue weighted by atomic mass is 16.5. The maximum Gasteiger partial charge on any atom is 0.117 e. The number of likely N-dealkylation sites (N-methyl/N-ethyl adjacent to an activating group) is 2. The molecular weight excluding hydrogens is 398 g/mol. The molecular formula is C27H37N3O2. The first-order chi connectivity index (χ1) is 15.1. The monoisotopic (exact) mass is 435 g/mol. The van der Waals surface area contributed by atoms with Gasteiger partial charge in [-0.05, 0) is 60.7 Å². The first kappa shape index (κ1) is 22.0. The Balaban J connectivity index is 1.53. The molecule has 172 valence electrons. The minimum Gasteiger partial charge on any atom is -0.382 e. The van der Waals surface area contributed by atoms with E-state index < -0.39 is 5.60 Å². The van der Waals surface area contributed by atoms with E-state index in [1.54, 1.807) is 0 Å². The van der Waals surface area contributed by atoms with Gasteiger partial charge in [-0.15, -0.1) is 0 Å². The fraction of sp³-hybridized carbons (Fsp3) is 0.593. The lowest BCUT2D eigenvalue weighted by Gasteiger charge is -2.56. The van der Waals surface area contributed by atoms with Gasteiger partial charge in [-0.3, -0.25) is 14.8 Å². The molecule has 3 unspecified atom stereocenters. The fourth-order valence-electron chi connectivity index (χ4n) is 6.56. The van der Waals surface area contributed by atoms with Gasteiger partial charge in [-0.2, -0.15) is 0 Å². The zero-order valence-corrected chi connectivity index (χ0v) is 20.4. The van der Waals surface area contributed by atoms with E-state index in [1.807, 2.05) is 13.1 Å². The number of benzene rings is 1. The minimum absolute atomic E-state index is 0.0233. The van der Waals surface area contributed by atoms with Crippen LogP contribution >= 0.6 is 0 Å². The number of ether oxygens (including phenoxy) is 1. The zero-order valence-electron chi connectivity index (χ0n) is 20.4. The Bertz CT molecular complexity index is 1030. The van der Waals surface area contributed by atoms with Crippen LogP contribution in [0, 0.1) is 0 Å². The van der Waals surface area contributed by atoms with Gasteiger partial charge < -0.3 is 9.84 Å². The molecule has 1 saturated heterocycles. The van der Waals surface area contributed by atoms with Crippen molar-refractivity contribution in [1.82, 2.24) is 14.8 Å². The molecule has 3 aliphatic rings. The Morgan fingerprint density at radius 2 is 1.78 bits per heavy atom. The minimum atomic E-state index is -0.901. The van der Waals surface area contributed by atoms with E-state index in [0.29, 0.717) is 24.4 Å². The van der Waals surface area contributed by atoms with Gasteiger partial charge in [0.1, 0.15) is 5.60 Å². The van der Waals surface area contributed by atoms with E-state index in [0.717, 1.165) is 37.6 Å². The lowest BCUT2D eigenvalue weighted by molar-refractivity contribution is -0.113. The van der Waals surface area contributed by atoms with Crippen LogP contribution in [0.4, 0.5) is 0 Å². The van der Waals surface area contributed by atoms with Gasteiger partial charge in [-0.25, -0.2) is 0 Å². The smallest absolute Gasteiger partial charge is 0.117 e. The molecule has 3 aliphatic heterocycles. The Labute approximate surface area is 192 Å². The van der Waals surface area contributed by atoms with Crippen molar-refractivity contribution in [3.63, 3.8) is 0 Å². The molecule has 0 bridgehead atoms. The number of aromatic nitrogens is 1. The maximum atomic E-state index is 10.9. The summed E-state index contributed by atoms with van der Waals surface area (Å²) in [5.41, 5.74) is 6.68. The third-order valence-corrected chi connectivity index (χ3v) is 8.03. The molecule has 1 aromatic carbocycles. The topological polar surface area (TPSA) is 48.8 Å². The molecule has 0 radical (unpaired) electrons. The number of hydrogen-bond acceptors (Lipinski definition) is 5. The first-order valence-electron chi connectivity index (χ1n) is 11.9. The van der Waals surface area contributed by atoms with Crippen molar-refractivity contribution in [2.75, 3.05) is 33.9 Å². The molecule has 1 aromatic heterocycles. The van der Waals surface area contributed by atoms with E-state index in [9.17, 15) is 5.11 Å². The molecule has 0 aliphatic carbocycles. The van der Waals surface area contributed by atoms with E-state index in [4.69, 9.17) is 9.72 Å². The standard InChI is InChI=1S/C27H37N3O2/c1-17(2)19-7-8-23-21(9-19)13-30(6)25(27(23)15-32-16-27)18(3)20-10-22-12-29(5)14-26(4,31)24(22)28-11-20/h7-11,17-18,25,31H,12-16H2,1-6H3. The second-order valence-corrected chi connectivity index (χ2v) is 11.1. The number of β-amino-alcohol motifs (C(OH)–C–C–N with tert-alkyl or cyclic N) is 1. The van der Waals surface area contributed by atoms with Gasteiger partial charge in [0.05, 0.1) is 24.3 Å². The molecule has 3 atom stereocenters. The molecule has 4 heterocycles. The van der Waals surface area contributed by atoms with E-state index in [-0.39, 0.29) is 5.41 Å². The highest BCUT2D eigenvalue weighted by Gasteiger charge is 2.54. The second-order valence-electron chi connectivity index (χ2n) is 11.1. The number of nitrogens with zero attached hydrogens (tertiary/aromatic N) is 3. The summed E-state index contributed by atoms with van der Waals surface area (Å²) >= 11 is 0. The summed E-state index contributed by atoms with van der Waals surface area (Å²) in [6.45, 7) is 12.7. The van der Waals surface area contributed by atoms with Crippen molar-refractivity contribution >= 4 is 0 Å². The second kappa shape index (κ2) is 7.63. The molecule has 5 nitrogen and oxygen atoms in total. The van der Waals surface area contributed by atoms with E-state index in [2.05, 4.69) is 68.9 Å². The Morgan fingerprint density at radius 1 is 1.06 bits per heavy atom. The van der Waals surface area contributed by atoms with Crippen LogP contribution in [0.15, 0.2) is 30.5 Å². The average molecular weight is 436 g/mol. The fourth-order valence-corrected chi connectivity index (χ4v) is 6.56. The van der Waals surface area contributed by atoms with Crippen LogP contribution in [-0.2, 0) is 28.8 Å². The normalized spacial score (nSPS) is 28.3. The van der Waals surface area contributed by atoms with Crippen LogP contribution in [0.2, 0.25) is 0 Å². The van der Waals surface area contributed by atoms with Gasteiger partial charge in [0, 0.05) is 31.9 Å². The van der Waals surface area contributed by atoms with Crippen LogP contribution in [0.25, 0.3) is 0 Å². The van der Waals surface area contributed by atoms with Crippen LogP contribution < -0.4 is 0 Å².